The molecule has 0 radical (unpaired) electrons. The number of nitrogens with zero attached hydrogens (tertiary/aromatic N) is 4. The molecule has 0 saturated carbocycles. The molecular weight excluding hydrogens is 410 g/mol. The number of ether oxygens (including phenoxy) is 1. The summed E-state index contributed by atoms with van der Waals surface area (Å²) in [5.41, 5.74) is 8.45. The number of fused-ring (bicyclic) bond motifs is 1. The maximum absolute atomic E-state index is 13.5. The van der Waals surface area contributed by atoms with Crippen molar-refractivity contribution in [3.05, 3.63) is 51.8 Å². The Hall–Kier alpha value is -2.92. The molecule has 0 bridgehead atoms. The fraction of sp³-hybridized carbons (Fsp3) is 0.435. The zero-order valence-electron chi connectivity index (χ0n) is 18.7. The molecule has 0 aliphatic carbocycles. The van der Waals surface area contributed by atoms with Crippen LogP contribution in [0.15, 0.2) is 51.3 Å². The van der Waals surface area contributed by atoms with Crippen LogP contribution in [0.1, 0.15) is 46.2 Å². The minimum atomic E-state index is -0.460. The van der Waals surface area contributed by atoms with E-state index in [1.807, 2.05) is 45.0 Å². The van der Waals surface area contributed by atoms with Crippen molar-refractivity contribution in [2.24, 2.45) is 16.6 Å². The molecular formula is C23H29N5O2S. The van der Waals surface area contributed by atoms with E-state index in [1.165, 1.54) is 11.8 Å². The Labute approximate surface area is 188 Å². The van der Waals surface area contributed by atoms with Crippen LogP contribution in [0.5, 0.6) is 5.75 Å². The molecule has 0 saturated heterocycles. The van der Waals surface area contributed by atoms with Gasteiger partial charge in [-0.25, -0.2) is 4.99 Å². The van der Waals surface area contributed by atoms with Crippen molar-refractivity contribution in [2.75, 3.05) is 19.7 Å². The summed E-state index contributed by atoms with van der Waals surface area (Å²) in [5.74, 6) is 1.46. The van der Waals surface area contributed by atoms with E-state index >= 15 is 0 Å². The summed E-state index contributed by atoms with van der Waals surface area (Å²) in [7, 11) is 0. The van der Waals surface area contributed by atoms with Gasteiger partial charge in [-0.15, -0.1) is 0 Å². The van der Waals surface area contributed by atoms with E-state index in [1.54, 1.807) is 9.80 Å². The van der Waals surface area contributed by atoms with Crippen molar-refractivity contribution in [1.29, 1.82) is 5.26 Å². The summed E-state index contributed by atoms with van der Waals surface area (Å²) in [6.45, 7) is 11.8. The van der Waals surface area contributed by atoms with Gasteiger partial charge in [-0.1, -0.05) is 26.0 Å². The molecule has 2 N–H and O–H groups in total. The Balaban J connectivity index is 2.07. The van der Waals surface area contributed by atoms with Crippen molar-refractivity contribution in [1.82, 2.24) is 9.80 Å². The predicted octanol–water partition coefficient (Wildman–Crippen LogP) is 3.97. The Morgan fingerprint density at radius 2 is 1.97 bits per heavy atom. The zero-order chi connectivity index (χ0) is 22.7. The van der Waals surface area contributed by atoms with Gasteiger partial charge in [0, 0.05) is 13.1 Å². The minimum Gasteiger partial charge on any atom is -0.493 e. The fourth-order valence-electron chi connectivity index (χ4n) is 3.62. The first-order valence-electron chi connectivity index (χ1n) is 10.5. The van der Waals surface area contributed by atoms with Crippen molar-refractivity contribution in [3.63, 3.8) is 0 Å². The summed E-state index contributed by atoms with van der Waals surface area (Å²) < 4.78 is 5.81. The molecule has 8 heteroatoms. The van der Waals surface area contributed by atoms with Crippen LogP contribution in [0, 0.1) is 17.2 Å². The number of thioether (sulfide) groups is 1. The number of amides is 1. The number of benzene rings is 1. The van der Waals surface area contributed by atoms with Crippen LogP contribution in [-0.2, 0) is 4.79 Å². The SMILES string of the molecule is CCN(CC)C(=O)C1=C(C)N=C2SC(C#N)=C(N)N2[C@@H]1c1ccc(OCC(C)C)cc1. The first-order chi connectivity index (χ1) is 14.8. The standard InChI is InChI=1S/C23H29N5O2S/c1-6-27(7-2)22(29)19-15(5)26-23-28(21(25)18(12-24)31-23)20(19)16-8-10-17(11-9-16)30-13-14(3)4/h8-11,14,20H,6-7,13,25H2,1-5H3/t20-/m1/s1. The number of rotatable bonds is 7. The Morgan fingerprint density at radius 3 is 2.52 bits per heavy atom. The molecule has 3 rings (SSSR count). The van der Waals surface area contributed by atoms with Crippen molar-refractivity contribution in [2.45, 2.75) is 40.7 Å². The van der Waals surface area contributed by atoms with Crippen molar-refractivity contribution < 1.29 is 9.53 Å². The highest BCUT2D eigenvalue weighted by Gasteiger charge is 2.42. The summed E-state index contributed by atoms with van der Waals surface area (Å²) in [6.07, 6.45) is 0. The Bertz CT molecular complexity index is 984. The third kappa shape index (κ3) is 4.42. The maximum Gasteiger partial charge on any atom is 0.254 e. The van der Waals surface area contributed by atoms with Gasteiger partial charge in [0.05, 0.1) is 23.9 Å². The van der Waals surface area contributed by atoms with Gasteiger partial charge in [0.1, 0.15) is 22.5 Å². The van der Waals surface area contributed by atoms with Gasteiger partial charge >= 0.3 is 0 Å². The fourth-order valence-corrected chi connectivity index (χ4v) is 4.54. The lowest BCUT2D eigenvalue weighted by molar-refractivity contribution is -0.127. The number of amidine groups is 1. The van der Waals surface area contributed by atoms with Crippen LogP contribution < -0.4 is 10.5 Å². The summed E-state index contributed by atoms with van der Waals surface area (Å²) in [5, 5.41) is 10.1. The number of aliphatic imine (C=N–C) groups is 1. The van der Waals surface area contributed by atoms with Crippen LogP contribution in [0.2, 0.25) is 0 Å². The average Bonchev–Trinajstić information content (AvgIpc) is 3.07. The molecule has 1 amide bonds. The van der Waals surface area contributed by atoms with Crippen molar-refractivity contribution in [3.8, 4) is 11.8 Å². The molecule has 0 spiro atoms. The van der Waals surface area contributed by atoms with Gasteiger partial charge in [0.25, 0.3) is 5.91 Å². The number of allylic oxidation sites excluding steroid dienone is 2. The largest absolute Gasteiger partial charge is 0.493 e. The van der Waals surface area contributed by atoms with E-state index in [2.05, 4.69) is 24.9 Å². The summed E-state index contributed by atoms with van der Waals surface area (Å²) in [4.78, 5) is 22.1. The topological polar surface area (TPSA) is 95.0 Å². The van der Waals surface area contributed by atoms with Crippen LogP contribution in [-0.4, -0.2) is 40.6 Å². The van der Waals surface area contributed by atoms with E-state index < -0.39 is 6.04 Å². The zero-order valence-corrected chi connectivity index (χ0v) is 19.5. The molecule has 7 nitrogen and oxygen atoms in total. The Kier molecular flexibility index (Phi) is 6.96. The first kappa shape index (κ1) is 22.8. The maximum atomic E-state index is 13.5. The highest BCUT2D eigenvalue weighted by molar-refractivity contribution is 8.17. The molecule has 0 aromatic heterocycles. The molecule has 2 aliphatic heterocycles. The Morgan fingerprint density at radius 1 is 1.32 bits per heavy atom. The van der Waals surface area contributed by atoms with Gasteiger partial charge in [0.15, 0.2) is 5.17 Å². The predicted molar refractivity (Wildman–Crippen MR) is 124 cm³/mol. The van der Waals surface area contributed by atoms with E-state index in [0.29, 0.717) is 52.8 Å². The number of nitrogens with two attached hydrogens (primary N) is 1. The van der Waals surface area contributed by atoms with E-state index in [4.69, 9.17) is 10.5 Å². The molecule has 31 heavy (non-hydrogen) atoms. The van der Waals surface area contributed by atoms with Crippen molar-refractivity contribution >= 4 is 22.8 Å². The number of likely N-dealkylation sites (N-methyl/N-ethyl adjacent to an activating group) is 1. The van der Waals surface area contributed by atoms with Crippen LogP contribution in [0.3, 0.4) is 0 Å². The lowest BCUT2D eigenvalue weighted by Crippen LogP contribution is -2.42. The highest BCUT2D eigenvalue weighted by atomic mass is 32.2. The molecule has 1 atom stereocenters. The molecule has 164 valence electrons. The third-order valence-electron chi connectivity index (χ3n) is 5.24. The number of hydrogen-bond donors (Lipinski definition) is 1. The average molecular weight is 440 g/mol. The number of hydrogen-bond acceptors (Lipinski definition) is 7. The smallest absolute Gasteiger partial charge is 0.254 e. The third-order valence-corrected chi connectivity index (χ3v) is 6.21. The summed E-state index contributed by atoms with van der Waals surface area (Å²) in [6, 6.07) is 9.41. The highest BCUT2D eigenvalue weighted by Crippen LogP contribution is 2.45. The van der Waals surface area contributed by atoms with E-state index in [-0.39, 0.29) is 5.91 Å². The second-order valence-electron chi connectivity index (χ2n) is 7.85. The molecule has 1 aromatic rings. The molecule has 0 unspecified atom stereocenters. The molecule has 2 aliphatic rings. The quantitative estimate of drug-likeness (QED) is 0.691. The number of carbonyl (C=O) groups excluding carboxylic acids is 1. The van der Waals surface area contributed by atoms with Gasteiger partial charge in [-0.2, -0.15) is 5.26 Å². The van der Waals surface area contributed by atoms with Gasteiger partial charge in [-0.05, 0) is 56.1 Å². The van der Waals surface area contributed by atoms with Gasteiger partial charge in [-0.3, -0.25) is 9.69 Å². The van der Waals surface area contributed by atoms with E-state index in [9.17, 15) is 10.1 Å². The van der Waals surface area contributed by atoms with Gasteiger partial charge in [0.2, 0.25) is 0 Å². The first-order valence-corrected chi connectivity index (χ1v) is 11.3. The molecule has 2 heterocycles. The van der Waals surface area contributed by atoms with Crippen LogP contribution in [0.25, 0.3) is 0 Å². The van der Waals surface area contributed by atoms with Gasteiger partial charge < -0.3 is 15.4 Å². The lowest BCUT2D eigenvalue weighted by atomic mass is 9.93. The minimum absolute atomic E-state index is 0.0707. The summed E-state index contributed by atoms with van der Waals surface area (Å²) >= 11 is 1.24. The number of nitriles is 1. The second kappa shape index (κ2) is 9.48. The van der Waals surface area contributed by atoms with E-state index in [0.717, 1.165) is 11.3 Å². The van der Waals surface area contributed by atoms with Crippen LogP contribution in [0.4, 0.5) is 0 Å². The monoisotopic (exact) mass is 439 g/mol. The normalized spacial score (nSPS) is 18.2. The lowest BCUT2D eigenvalue weighted by Gasteiger charge is -2.36. The second-order valence-corrected chi connectivity index (χ2v) is 8.82. The molecule has 1 aromatic carbocycles. The van der Waals surface area contributed by atoms with Crippen LogP contribution >= 0.6 is 11.8 Å². The number of carbonyl (C=O) groups is 1. The molecule has 0 fully saturated rings.